The van der Waals surface area contributed by atoms with E-state index in [0.29, 0.717) is 5.92 Å². The minimum Gasteiger partial charge on any atom is -0.247 e. The zero-order chi connectivity index (χ0) is 16.6. The predicted molar refractivity (Wildman–Crippen MR) is 100 cm³/mol. The summed E-state index contributed by atoms with van der Waals surface area (Å²) in [6.07, 6.45) is 1.11. The van der Waals surface area contributed by atoms with Crippen molar-refractivity contribution >= 4 is 22.5 Å². The highest BCUT2D eigenvalue weighted by atomic mass is 35.5. The highest BCUT2D eigenvalue weighted by Gasteiger charge is 2.09. The summed E-state index contributed by atoms with van der Waals surface area (Å²) < 4.78 is 0. The highest BCUT2D eigenvalue weighted by Crippen LogP contribution is 2.29. The van der Waals surface area contributed by atoms with Gasteiger partial charge >= 0.3 is 0 Å². The monoisotopic (exact) mass is 323 g/mol. The van der Waals surface area contributed by atoms with Gasteiger partial charge in [-0.05, 0) is 55.0 Å². The van der Waals surface area contributed by atoms with Crippen LogP contribution in [0.5, 0.6) is 0 Å². The molecule has 0 N–H and O–H groups in total. The van der Waals surface area contributed by atoms with Crippen molar-refractivity contribution in [3.63, 3.8) is 0 Å². The molecule has 2 heteroatoms. The number of aromatic nitrogens is 1. The number of pyridine rings is 1. The molecule has 0 atom stereocenters. The third-order valence-corrected chi connectivity index (χ3v) is 4.68. The van der Waals surface area contributed by atoms with Gasteiger partial charge in [0.15, 0.2) is 0 Å². The van der Waals surface area contributed by atoms with E-state index in [0.717, 1.165) is 33.8 Å². The molecule has 2 aromatic carbocycles. The molecule has 0 aliphatic rings. The molecule has 0 aliphatic heterocycles. The van der Waals surface area contributed by atoms with Crippen molar-refractivity contribution in [1.29, 1.82) is 0 Å². The van der Waals surface area contributed by atoms with Gasteiger partial charge in [0.05, 0.1) is 11.2 Å². The van der Waals surface area contributed by atoms with E-state index >= 15 is 0 Å². The van der Waals surface area contributed by atoms with Crippen LogP contribution in [0.3, 0.4) is 0 Å². The summed E-state index contributed by atoms with van der Waals surface area (Å²) in [6, 6.07) is 14.9. The number of nitrogens with zero attached hydrogens (tertiary/aromatic N) is 1. The van der Waals surface area contributed by atoms with Gasteiger partial charge in [-0.25, -0.2) is 4.98 Å². The molecule has 0 radical (unpaired) electrons. The van der Waals surface area contributed by atoms with Gasteiger partial charge in [0, 0.05) is 16.0 Å². The number of aryl methyl sites for hydroxylation is 2. The molecule has 1 nitrogen and oxygen atoms in total. The lowest BCUT2D eigenvalue weighted by Gasteiger charge is -2.11. The SMILES string of the molecule is Cc1cc(-c2ccc(CC(C)C)cc2)nc2c(C)c(Cl)ccc12. The average Bonchev–Trinajstić information content (AvgIpc) is 2.51. The lowest BCUT2D eigenvalue weighted by atomic mass is 9.99. The Balaban J connectivity index is 2.08. The zero-order valence-corrected chi connectivity index (χ0v) is 14.9. The van der Waals surface area contributed by atoms with Gasteiger partial charge in [0.2, 0.25) is 0 Å². The molecule has 0 aliphatic carbocycles. The van der Waals surface area contributed by atoms with Crippen LogP contribution in [0.2, 0.25) is 5.02 Å². The maximum atomic E-state index is 6.27. The molecule has 3 aromatic rings. The Kier molecular flexibility index (Phi) is 4.41. The maximum Gasteiger partial charge on any atom is 0.0756 e. The summed E-state index contributed by atoms with van der Waals surface area (Å²) in [4.78, 5) is 4.87. The second-order valence-electron chi connectivity index (χ2n) is 6.69. The van der Waals surface area contributed by atoms with Crippen LogP contribution in [0.1, 0.15) is 30.5 Å². The molecule has 1 heterocycles. The Morgan fingerprint density at radius 3 is 2.35 bits per heavy atom. The van der Waals surface area contributed by atoms with Crippen LogP contribution >= 0.6 is 11.6 Å². The Morgan fingerprint density at radius 1 is 1.00 bits per heavy atom. The Morgan fingerprint density at radius 2 is 1.70 bits per heavy atom. The van der Waals surface area contributed by atoms with Gasteiger partial charge in [-0.3, -0.25) is 0 Å². The fourth-order valence-electron chi connectivity index (χ4n) is 3.00. The molecule has 1 aromatic heterocycles. The van der Waals surface area contributed by atoms with Crippen molar-refractivity contribution in [1.82, 2.24) is 4.98 Å². The van der Waals surface area contributed by atoms with E-state index in [1.54, 1.807) is 0 Å². The molecular weight excluding hydrogens is 302 g/mol. The van der Waals surface area contributed by atoms with Gasteiger partial charge in [-0.1, -0.05) is 55.8 Å². The zero-order valence-electron chi connectivity index (χ0n) is 14.2. The Bertz CT molecular complexity index is 848. The molecule has 0 spiro atoms. The molecular formula is C21H22ClN. The quantitative estimate of drug-likeness (QED) is 0.545. The van der Waals surface area contributed by atoms with Gasteiger partial charge in [-0.2, -0.15) is 0 Å². The first-order chi connectivity index (χ1) is 11.0. The molecule has 118 valence electrons. The first kappa shape index (κ1) is 16.0. The number of fused-ring (bicyclic) bond motifs is 1. The third-order valence-electron chi connectivity index (χ3n) is 4.27. The number of rotatable bonds is 3. The number of hydrogen-bond donors (Lipinski definition) is 0. The van der Waals surface area contributed by atoms with E-state index in [4.69, 9.17) is 16.6 Å². The Hall–Kier alpha value is -1.86. The average molecular weight is 324 g/mol. The summed E-state index contributed by atoms with van der Waals surface area (Å²) in [5, 5.41) is 1.95. The highest BCUT2D eigenvalue weighted by molar-refractivity contribution is 6.32. The van der Waals surface area contributed by atoms with Gasteiger partial charge in [0.25, 0.3) is 0 Å². The molecule has 0 saturated carbocycles. The lowest BCUT2D eigenvalue weighted by molar-refractivity contribution is 0.647. The van der Waals surface area contributed by atoms with Crippen LogP contribution < -0.4 is 0 Å². The van der Waals surface area contributed by atoms with Gasteiger partial charge < -0.3 is 0 Å². The van der Waals surface area contributed by atoms with Crippen LogP contribution in [0.4, 0.5) is 0 Å². The van der Waals surface area contributed by atoms with E-state index in [2.05, 4.69) is 57.2 Å². The fraction of sp³-hybridized carbons (Fsp3) is 0.286. The minimum absolute atomic E-state index is 0.673. The lowest BCUT2D eigenvalue weighted by Crippen LogP contribution is -1.95. The fourth-order valence-corrected chi connectivity index (χ4v) is 3.16. The van der Waals surface area contributed by atoms with E-state index in [1.807, 2.05) is 13.0 Å². The van der Waals surface area contributed by atoms with Crippen LogP contribution in [-0.2, 0) is 6.42 Å². The standard InChI is InChI=1S/C21H22ClN/c1-13(2)11-16-5-7-17(8-6-16)20-12-14(3)18-9-10-19(22)15(4)21(18)23-20/h5-10,12-13H,11H2,1-4H3. The van der Waals surface area contributed by atoms with Gasteiger partial charge in [0.1, 0.15) is 0 Å². The van der Waals surface area contributed by atoms with E-state index in [1.165, 1.54) is 16.5 Å². The second-order valence-corrected chi connectivity index (χ2v) is 7.10. The van der Waals surface area contributed by atoms with Crippen LogP contribution in [0, 0.1) is 19.8 Å². The van der Waals surface area contributed by atoms with Crippen molar-refractivity contribution < 1.29 is 0 Å². The Labute approximate surface area is 143 Å². The van der Waals surface area contributed by atoms with Gasteiger partial charge in [-0.15, -0.1) is 0 Å². The van der Waals surface area contributed by atoms with Crippen molar-refractivity contribution in [2.75, 3.05) is 0 Å². The molecule has 0 amide bonds. The van der Waals surface area contributed by atoms with Crippen LogP contribution in [-0.4, -0.2) is 4.98 Å². The summed E-state index contributed by atoms with van der Waals surface area (Å²) in [7, 11) is 0. The topological polar surface area (TPSA) is 12.9 Å². The molecule has 0 fully saturated rings. The minimum atomic E-state index is 0.673. The first-order valence-electron chi connectivity index (χ1n) is 8.11. The van der Waals surface area contributed by atoms with Crippen molar-refractivity contribution in [2.24, 2.45) is 5.92 Å². The van der Waals surface area contributed by atoms with Crippen molar-refractivity contribution in [3.8, 4) is 11.3 Å². The van der Waals surface area contributed by atoms with Crippen molar-refractivity contribution in [2.45, 2.75) is 34.1 Å². The van der Waals surface area contributed by atoms with E-state index < -0.39 is 0 Å². The number of halogens is 1. The molecule has 0 unspecified atom stereocenters. The number of hydrogen-bond acceptors (Lipinski definition) is 1. The molecule has 0 saturated heterocycles. The third kappa shape index (κ3) is 3.25. The predicted octanol–water partition coefficient (Wildman–Crippen LogP) is 6.37. The summed E-state index contributed by atoms with van der Waals surface area (Å²) in [5.74, 6) is 0.673. The second kappa shape index (κ2) is 6.33. The number of benzene rings is 2. The summed E-state index contributed by atoms with van der Waals surface area (Å²) in [6.45, 7) is 8.66. The largest absolute Gasteiger partial charge is 0.247 e. The van der Waals surface area contributed by atoms with Crippen LogP contribution in [0.25, 0.3) is 22.2 Å². The maximum absolute atomic E-state index is 6.27. The van der Waals surface area contributed by atoms with E-state index in [-0.39, 0.29) is 0 Å². The normalized spacial score (nSPS) is 11.4. The van der Waals surface area contributed by atoms with Crippen LogP contribution in [0.15, 0.2) is 42.5 Å². The molecule has 0 bridgehead atoms. The first-order valence-corrected chi connectivity index (χ1v) is 8.49. The summed E-state index contributed by atoms with van der Waals surface area (Å²) >= 11 is 6.27. The molecule has 3 rings (SSSR count). The smallest absolute Gasteiger partial charge is 0.0756 e. The van der Waals surface area contributed by atoms with E-state index in [9.17, 15) is 0 Å². The summed E-state index contributed by atoms with van der Waals surface area (Å²) in [5.41, 5.74) is 6.82. The molecule has 23 heavy (non-hydrogen) atoms. The van der Waals surface area contributed by atoms with Crippen molar-refractivity contribution in [3.05, 3.63) is 64.2 Å².